The maximum atomic E-state index is 6.36. The van der Waals surface area contributed by atoms with Gasteiger partial charge in [-0.2, -0.15) is 0 Å². The molecule has 3 aliphatic rings. The second-order valence-corrected chi connectivity index (χ2v) is 10.6. The van der Waals surface area contributed by atoms with E-state index >= 15 is 0 Å². The summed E-state index contributed by atoms with van der Waals surface area (Å²) in [6, 6.07) is 12.3. The molecular weight excluding hydrogens is 396 g/mol. The first-order valence-corrected chi connectivity index (χ1v) is 10.9. The van der Waals surface area contributed by atoms with Crippen LogP contribution in [0.4, 0.5) is 34.1 Å². The number of benzene rings is 3. The molecule has 12 N–H and O–H groups in total. The zero-order valence-electron chi connectivity index (χ0n) is 18.9. The molecular formula is C26H30N6. The summed E-state index contributed by atoms with van der Waals surface area (Å²) in [5.41, 5.74) is 47.4. The van der Waals surface area contributed by atoms with Gasteiger partial charge in [0.1, 0.15) is 0 Å². The molecule has 3 aromatic rings. The first-order chi connectivity index (χ1) is 14.8. The van der Waals surface area contributed by atoms with Gasteiger partial charge in [0.05, 0.1) is 34.1 Å². The van der Waals surface area contributed by atoms with E-state index < -0.39 is 0 Å². The van der Waals surface area contributed by atoms with Gasteiger partial charge in [-0.1, -0.05) is 27.7 Å². The summed E-state index contributed by atoms with van der Waals surface area (Å²) in [6.45, 7) is 9.30. The highest BCUT2D eigenvalue weighted by Crippen LogP contribution is 2.82. The van der Waals surface area contributed by atoms with Crippen molar-refractivity contribution < 1.29 is 0 Å². The maximum absolute atomic E-state index is 6.36. The van der Waals surface area contributed by atoms with Crippen LogP contribution < -0.4 is 34.4 Å². The summed E-state index contributed by atoms with van der Waals surface area (Å²) in [7, 11) is 0. The fourth-order valence-corrected chi connectivity index (χ4v) is 7.93. The third kappa shape index (κ3) is 1.49. The van der Waals surface area contributed by atoms with Crippen LogP contribution in [0.15, 0.2) is 36.4 Å². The van der Waals surface area contributed by atoms with E-state index in [0.717, 1.165) is 0 Å². The number of hydrogen-bond acceptors (Lipinski definition) is 6. The Hall–Kier alpha value is -3.54. The van der Waals surface area contributed by atoms with Crippen molar-refractivity contribution in [2.24, 2.45) is 5.41 Å². The van der Waals surface area contributed by atoms with Crippen molar-refractivity contribution in [3.05, 3.63) is 69.8 Å². The molecule has 0 aliphatic heterocycles. The van der Waals surface area contributed by atoms with Gasteiger partial charge in [0, 0.05) is 21.7 Å². The minimum Gasteiger partial charge on any atom is -0.397 e. The van der Waals surface area contributed by atoms with E-state index in [4.69, 9.17) is 34.4 Å². The molecule has 0 saturated heterocycles. The maximum Gasteiger partial charge on any atom is 0.0551 e. The minimum absolute atomic E-state index is 0.305. The molecule has 0 heterocycles. The summed E-state index contributed by atoms with van der Waals surface area (Å²) >= 11 is 0. The van der Waals surface area contributed by atoms with Crippen molar-refractivity contribution in [1.29, 1.82) is 0 Å². The van der Waals surface area contributed by atoms with Crippen LogP contribution in [0.2, 0.25) is 0 Å². The highest BCUT2D eigenvalue weighted by atomic mass is 14.8. The molecule has 3 aromatic carbocycles. The molecule has 6 rings (SSSR count). The van der Waals surface area contributed by atoms with Gasteiger partial charge in [0.2, 0.25) is 0 Å². The number of hydrogen-bond donors (Lipinski definition) is 6. The van der Waals surface area contributed by atoms with Crippen LogP contribution >= 0.6 is 0 Å². The number of anilines is 6. The van der Waals surface area contributed by atoms with Crippen molar-refractivity contribution in [1.82, 2.24) is 0 Å². The van der Waals surface area contributed by atoms with E-state index in [2.05, 4.69) is 64.1 Å². The normalized spacial score (nSPS) is 33.0. The zero-order valence-corrected chi connectivity index (χ0v) is 18.9. The minimum atomic E-state index is -0.382. The molecule has 0 amide bonds. The van der Waals surface area contributed by atoms with Crippen LogP contribution in [0.25, 0.3) is 0 Å². The molecule has 0 radical (unpaired) electrons. The molecule has 6 nitrogen and oxygen atoms in total. The molecule has 0 saturated carbocycles. The van der Waals surface area contributed by atoms with Crippen LogP contribution in [0.1, 0.15) is 61.1 Å². The highest BCUT2D eigenvalue weighted by molar-refractivity contribution is 5.85. The van der Waals surface area contributed by atoms with Crippen LogP contribution in [0.3, 0.4) is 0 Å². The molecule has 0 bridgehead atoms. The van der Waals surface area contributed by atoms with Crippen molar-refractivity contribution in [3.63, 3.8) is 0 Å². The van der Waals surface area contributed by atoms with Gasteiger partial charge in [-0.15, -0.1) is 0 Å². The standard InChI is InChI=1S/C26H30N6/c1-23-11-5-17(27)19(29)7-13(11)24(2)15-9-21(31)22(32)10-16(15)25(3,26(23,24)4)14-8-20(30)18(28)6-12(14)23/h5-10H,27-32H2,1-4H3. The largest absolute Gasteiger partial charge is 0.397 e. The third-order valence-corrected chi connectivity index (χ3v) is 9.90. The van der Waals surface area contributed by atoms with Crippen LogP contribution in [0, 0.1) is 5.41 Å². The Bertz CT molecular complexity index is 1150. The Morgan fingerprint density at radius 2 is 0.531 bits per heavy atom. The highest BCUT2D eigenvalue weighted by Gasteiger charge is 2.80. The fraction of sp³-hybridized carbons (Fsp3) is 0.308. The summed E-state index contributed by atoms with van der Waals surface area (Å²) < 4.78 is 0. The Morgan fingerprint density at radius 1 is 0.375 bits per heavy atom. The topological polar surface area (TPSA) is 156 Å². The quantitative estimate of drug-likeness (QED) is 0.302. The van der Waals surface area contributed by atoms with Gasteiger partial charge in [0.15, 0.2) is 0 Å². The lowest BCUT2D eigenvalue weighted by molar-refractivity contribution is 0.0997. The number of nitrogen functional groups attached to an aromatic ring is 6. The van der Waals surface area contributed by atoms with Crippen LogP contribution in [-0.2, 0) is 16.2 Å². The van der Waals surface area contributed by atoms with E-state index in [0.29, 0.717) is 34.1 Å². The lowest BCUT2D eigenvalue weighted by atomic mass is 9.52. The van der Waals surface area contributed by atoms with Gasteiger partial charge < -0.3 is 34.4 Å². The van der Waals surface area contributed by atoms with E-state index in [-0.39, 0.29) is 21.7 Å². The monoisotopic (exact) mass is 426 g/mol. The molecule has 0 atom stereocenters. The van der Waals surface area contributed by atoms with E-state index in [1.54, 1.807) is 0 Å². The predicted octanol–water partition coefficient (Wildman–Crippen LogP) is 3.44. The van der Waals surface area contributed by atoms with Gasteiger partial charge >= 0.3 is 0 Å². The lowest BCUT2D eigenvalue weighted by Gasteiger charge is -2.49. The van der Waals surface area contributed by atoms with E-state index in [1.807, 2.05) is 0 Å². The van der Waals surface area contributed by atoms with Crippen molar-refractivity contribution >= 4 is 34.1 Å². The molecule has 3 aliphatic carbocycles. The van der Waals surface area contributed by atoms with Gasteiger partial charge in [-0.25, -0.2) is 0 Å². The summed E-state index contributed by atoms with van der Waals surface area (Å²) in [5, 5.41) is 0. The Morgan fingerprint density at radius 3 is 0.688 bits per heavy atom. The Kier molecular flexibility index (Phi) is 2.95. The van der Waals surface area contributed by atoms with Crippen LogP contribution in [-0.4, -0.2) is 0 Å². The first-order valence-electron chi connectivity index (χ1n) is 10.9. The number of rotatable bonds is 0. The summed E-state index contributed by atoms with van der Waals surface area (Å²) in [5.74, 6) is 0. The first kappa shape index (κ1) is 19.2. The Balaban J connectivity index is 1.91. The van der Waals surface area contributed by atoms with Gasteiger partial charge in [-0.3, -0.25) is 0 Å². The average Bonchev–Trinajstić information content (AvgIpc) is 3.06. The van der Waals surface area contributed by atoms with Crippen molar-refractivity contribution in [3.8, 4) is 0 Å². The van der Waals surface area contributed by atoms with E-state index in [1.165, 1.54) is 33.4 Å². The predicted molar refractivity (Wildman–Crippen MR) is 133 cm³/mol. The second-order valence-electron chi connectivity index (χ2n) is 10.6. The summed E-state index contributed by atoms with van der Waals surface area (Å²) in [4.78, 5) is 0. The number of nitrogens with two attached hydrogens (primary N) is 6. The molecule has 0 unspecified atom stereocenters. The van der Waals surface area contributed by atoms with E-state index in [9.17, 15) is 0 Å². The third-order valence-electron chi connectivity index (χ3n) is 9.90. The van der Waals surface area contributed by atoms with Gasteiger partial charge in [-0.05, 0) is 69.8 Å². The molecule has 6 heteroatoms. The smallest absolute Gasteiger partial charge is 0.0551 e. The number of fused-ring (bicyclic) bond motifs is 9. The zero-order chi connectivity index (χ0) is 23.2. The Labute approximate surface area is 187 Å². The summed E-state index contributed by atoms with van der Waals surface area (Å²) in [6.07, 6.45) is 0. The SMILES string of the molecule is CC12c3cc(N)c(N)cc3C3(C)c4cc(N)c(N)cc4C(C)(c4cc(N)c(N)cc41)C23C. The van der Waals surface area contributed by atoms with Crippen molar-refractivity contribution in [2.45, 2.75) is 43.9 Å². The molecule has 164 valence electrons. The molecule has 0 fully saturated rings. The molecule has 0 spiro atoms. The molecule has 0 aromatic heterocycles. The molecule has 32 heavy (non-hydrogen) atoms. The van der Waals surface area contributed by atoms with Crippen molar-refractivity contribution in [2.75, 3.05) is 34.4 Å². The van der Waals surface area contributed by atoms with Gasteiger partial charge in [0.25, 0.3) is 0 Å². The van der Waals surface area contributed by atoms with Crippen LogP contribution in [0.5, 0.6) is 0 Å². The fourth-order valence-electron chi connectivity index (χ4n) is 7.93. The average molecular weight is 427 g/mol. The second kappa shape index (κ2) is 4.93. The lowest BCUT2D eigenvalue weighted by Crippen LogP contribution is -2.51.